The SMILES string of the molecule is CC(C)(C)NC(=O)NC(C)(C)CC(N)=O. The molecule has 0 heterocycles. The lowest BCUT2D eigenvalue weighted by Gasteiger charge is -2.28. The molecule has 15 heavy (non-hydrogen) atoms. The molecule has 0 radical (unpaired) electrons. The third kappa shape index (κ3) is 7.78. The third-order valence-corrected chi connectivity index (χ3v) is 1.56. The van der Waals surface area contributed by atoms with Gasteiger partial charge in [-0.1, -0.05) is 0 Å². The summed E-state index contributed by atoms with van der Waals surface area (Å²) in [5.41, 5.74) is 4.15. The second-order valence-corrected chi connectivity index (χ2v) is 5.36. The first kappa shape index (κ1) is 13.7. The molecule has 0 rings (SSSR count). The largest absolute Gasteiger partial charge is 0.370 e. The van der Waals surface area contributed by atoms with E-state index in [9.17, 15) is 9.59 Å². The molecule has 0 aliphatic carbocycles. The highest BCUT2D eigenvalue weighted by Crippen LogP contribution is 2.07. The Kier molecular flexibility index (Phi) is 4.13. The van der Waals surface area contributed by atoms with Crippen molar-refractivity contribution in [2.45, 2.75) is 52.1 Å². The van der Waals surface area contributed by atoms with E-state index in [4.69, 9.17) is 5.73 Å². The van der Waals surface area contributed by atoms with Gasteiger partial charge in [-0.05, 0) is 34.6 Å². The van der Waals surface area contributed by atoms with Gasteiger partial charge in [0.15, 0.2) is 0 Å². The van der Waals surface area contributed by atoms with Crippen LogP contribution < -0.4 is 16.4 Å². The first-order valence-electron chi connectivity index (χ1n) is 4.90. The molecule has 5 nitrogen and oxygen atoms in total. The maximum Gasteiger partial charge on any atom is 0.315 e. The molecule has 0 aliphatic rings. The highest BCUT2D eigenvalue weighted by molar-refractivity contribution is 5.79. The summed E-state index contributed by atoms with van der Waals surface area (Å²) in [7, 11) is 0. The Morgan fingerprint density at radius 1 is 1.07 bits per heavy atom. The second-order valence-electron chi connectivity index (χ2n) is 5.36. The van der Waals surface area contributed by atoms with Gasteiger partial charge in [0.25, 0.3) is 0 Å². The summed E-state index contributed by atoms with van der Waals surface area (Å²) in [6.07, 6.45) is 0.116. The van der Waals surface area contributed by atoms with Crippen molar-refractivity contribution in [1.82, 2.24) is 10.6 Å². The normalized spacial score (nSPS) is 12.1. The van der Waals surface area contributed by atoms with Gasteiger partial charge < -0.3 is 16.4 Å². The lowest BCUT2D eigenvalue weighted by molar-refractivity contribution is -0.119. The number of carbonyl (C=O) groups is 2. The van der Waals surface area contributed by atoms with Crippen LogP contribution in [-0.2, 0) is 4.79 Å². The number of urea groups is 1. The molecular formula is C10H21N3O2. The molecule has 4 N–H and O–H groups in total. The number of nitrogens with one attached hydrogen (secondary N) is 2. The van der Waals surface area contributed by atoms with Crippen molar-refractivity contribution in [3.8, 4) is 0 Å². The zero-order valence-corrected chi connectivity index (χ0v) is 10.1. The number of rotatable bonds is 3. The Hall–Kier alpha value is -1.26. The summed E-state index contributed by atoms with van der Waals surface area (Å²) in [5.74, 6) is -0.434. The number of amides is 3. The number of carbonyl (C=O) groups excluding carboxylic acids is 2. The molecular weight excluding hydrogens is 194 g/mol. The Balaban J connectivity index is 4.22. The molecule has 0 saturated heterocycles. The highest BCUT2D eigenvalue weighted by Gasteiger charge is 2.24. The molecule has 0 atom stereocenters. The monoisotopic (exact) mass is 215 g/mol. The quantitative estimate of drug-likeness (QED) is 0.648. The number of hydrogen-bond acceptors (Lipinski definition) is 2. The molecule has 0 aromatic heterocycles. The van der Waals surface area contributed by atoms with Crippen LogP contribution in [0, 0.1) is 0 Å². The van der Waals surface area contributed by atoms with E-state index in [1.54, 1.807) is 13.8 Å². The van der Waals surface area contributed by atoms with Crippen molar-refractivity contribution in [2.75, 3.05) is 0 Å². The summed E-state index contributed by atoms with van der Waals surface area (Å²) in [6.45, 7) is 9.15. The molecule has 0 aromatic rings. The van der Waals surface area contributed by atoms with Crippen molar-refractivity contribution in [2.24, 2.45) is 5.73 Å². The maximum atomic E-state index is 11.5. The maximum absolute atomic E-state index is 11.5. The zero-order valence-electron chi connectivity index (χ0n) is 10.1. The van der Waals surface area contributed by atoms with Crippen molar-refractivity contribution in [3.63, 3.8) is 0 Å². The summed E-state index contributed by atoms with van der Waals surface area (Å²) >= 11 is 0. The van der Waals surface area contributed by atoms with E-state index < -0.39 is 11.4 Å². The van der Waals surface area contributed by atoms with E-state index in [-0.39, 0.29) is 18.0 Å². The highest BCUT2D eigenvalue weighted by atomic mass is 16.2. The predicted molar refractivity (Wildman–Crippen MR) is 59.3 cm³/mol. The molecule has 0 spiro atoms. The van der Waals surface area contributed by atoms with E-state index in [2.05, 4.69) is 10.6 Å². The van der Waals surface area contributed by atoms with Gasteiger partial charge in [-0.25, -0.2) is 4.79 Å². The van der Waals surface area contributed by atoms with Crippen LogP contribution in [0.25, 0.3) is 0 Å². The zero-order chi connectivity index (χ0) is 12.3. The van der Waals surface area contributed by atoms with Gasteiger partial charge >= 0.3 is 6.03 Å². The third-order valence-electron chi connectivity index (χ3n) is 1.56. The van der Waals surface area contributed by atoms with Crippen LogP contribution in [0.4, 0.5) is 4.79 Å². The van der Waals surface area contributed by atoms with Gasteiger partial charge in [0, 0.05) is 17.5 Å². The van der Waals surface area contributed by atoms with Gasteiger partial charge in [0.2, 0.25) is 5.91 Å². The number of primary amides is 1. The van der Waals surface area contributed by atoms with E-state index in [1.807, 2.05) is 20.8 Å². The van der Waals surface area contributed by atoms with Crippen molar-refractivity contribution < 1.29 is 9.59 Å². The van der Waals surface area contributed by atoms with Crippen LogP contribution in [0.1, 0.15) is 41.0 Å². The summed E-state index contributed by atoms with van der Waals surface area (Å²) in [5, 5.41) is 5.44. The average molecular weight is 215 g/mol. The predicted octanol–water partition coefficient (Wildman–Crippen LogP) is 0.738. The van der Waals surface area contributed by atoms with Gasteiger partial charge in [0.1, 0.15) is 0 Å². The summed E-state index contributed by atoms with van der Waals surface area (Å²) in [6, 6.07) is -0.297. The molecule has 3 amide bonds. The van der Waals surface area contributed by atoms with Gasteiger partial charge in [0.05, 0.1) is 0 Å². The van der Waals surface area contributed by atoms with E-state index >= 15 is 0 Å². The molecule has 0 unspecified atom stereocenters. The number of hydrogen-bond donors (Lipinski definition) is 3. The van der Waals surface area contributed by atoms with Gasteiger partial charge in [-0.3, -0.25) is 4.79 Å². The molecule has 0 aromatic carbocycles. The van der Waals surface area contributed by atoms with Gasteiger partial charge in [-0.2, -0.15) is 0 Å². The summed E-state index contributed by atoms with van der Waals surface area (Å²) < 4.78 is 0. The minimum Gasteiger partial charge on any atom is -0.370 e. The minimum atomic E-state index is -0.624. The Labute approximate surface area is 90.8 Å². The van der Waals surface area contributed by atoms with Crippen molar-refractivity contribution >= 4 is 11.9 Å². The van der Waals surface area contributed by atoms with Crippen LogP contribution in [0.2, 0.25) is 0 Å². The topological polar surface area (TPSA) is 84.2 Å². The fraction of sp³-hybridized carbons (Fsp3) is 0.800. The van der Waals surface area contributed by atoms with Crippen LogP contribution >= 0.6 is 0 Å². The molecule has 5 heteroatoms. The van der Waals surface area contributed by atoms with Crippen molar-refractivity contribution in [1.29, 1.82) is 0 Å². The standard InChI is InChI=1S/C10H21N3O2/c1-9(2,3)12-8(15)13-10(4,5)6-7(11)14/h6H2,1-5H3,(H2,11,14)(H2,12,13,15). The number of nitrogens with two attached hydrogens (primary N) is 1. The summed E-state index contributed by atoms with van der Waals surface area (Å²) in [4.78, 5) is 22.2. The van der Waals surface area contributed by atoms with Crippen LogP contribution in [0.15, 0.2) is 0 Å². The lowest BCUT2D eigenvalue weighted by atomic mass is 10.0. The van der Waals surface area contributed by atoms with Crippen LogP contribution in [-0.4, -0.2) is 23.0 Å². The van der Waals surface area contributed by atoms with E-state index in [0.29, 0.717) is 0 Å². The fourth-order valence-corrected chi connectivity index (χ4v) is 1.16. The van der Waals surface area contributed by atoms with Crippen LogP contribution in [0.3, 0.4) is 0 Å². The van der Waals surface area contributed by atoms with E-state index in [0.717, 1.165) is 0 Å². The lowest BCUT2D eigenvalue weighted by Crippen LogP contribution is -2.54. The van der Waals surface area contributed by atoms with Gasteiger partial charge in [-0.15, -0.1) is 0 Å². The fourth-order valence-electron chi connectivity index (χ4n) is 1.16. The first-order valence-corrected chi connectivity index (χ1v) is 4.90. The average Bonchev–Trinajstić information content (AvgIpc) is 1.73. The Morgan fingerprint density at radius 3 is 1.87 bits per heavy atom. The molecule has 0 fully saturated rings. The van der Waals surface area contributed by atoms with Crippen LogP contribution in [0.5, 0.6) is 0 Å². The molecule has 0 saturated carbocycles. The Bertz CT molecular complexity index is 254. The first-order chi connectivity index (χ1) is 6.52. The second kappa shape index (κ2) is 4.51. The molecule has 0 bridgehead atoms. The minimum absolute atomic E-state index is 0.116. The van der Waals surface area contributed by atoms with E-state index in [1.165, 1.54) is 0 Å². The smallest absolute Gasteiger partial charge is 0.315 e. The van der Waals surface area contributed by atoms with Crippen molar-refractivity contribution in [3.05, 3.63) is 0 Å². The Morgan fingerprint density at radius 2 is 1.53 bits per heavy atom. The molecule has 88 valence electrons. The molecule has 0 aliphatic heterocycles.